The average molecular weight is 188 g/mol. The van der Waals surface area contributed by atoms with Crippen LogP contribution in [-0.4, -0.2) is 47.7 Å². The highest BCUT2D eigenvalue weighted by atomic mass is 16.7. The van der Waals surface area contributed by atoms with Crippen molar-refractivity contribution in [3.63, 3.8) is 0 Å². The van der Waals surface area contributed by atoms with E-state index in [0.717, 1.165) is 0 Å². The second-order valence-corrected chi connectivity index (χ2v) is 2.70. The summed E-state index contributed by atoms with van der Waals surface area (Å²) in [5, 5.41) is 18.3. The zero-order valence-corrected chi connectivity index (χ0v) is 7.00. The van der Waals surface area contributed by atoms with E-state index in [4.69, 9.17) is 14.6 Å². The topological polar surface area (TPSA) is 76.0 Å². The molecule has 74 valence electrons. The lowest BCUT2D eigenvalue weighted by Crippen LogP contribution is -2.35. The van der Waals surface area contributed by atoms with Crippen molar-refractivity contribution in [1.29, 1.82) is 0 Å². The van der Waals surface area contributed by atoms with Gasteiger partial charge in [0.25, 0.3) is 0 Å². The predicted octanol–water partition coefficient (Wildman–Crippen LogP) is -1.17. The van der Waals surface area contributed by atoms with E-state index < -0.39 is 24.6 Å². The molecule has 0 aromatic heterocycles. The second kappa shape index (κ2) is 4.48. The van der Waals surface area contributed by atoms with Gasteiger partial charge in [-0.1, -0.05) is 6.08 Å². The molecule has 1 aliphatic rings. The van der Waals surface area contributed by atoms with Crippen LogP contribution in [0.4, 0.5) is 0 Å². The fourth-order valence-electron chi connectivity index (χ4n) is 1.16. The Balaban J connectivity index is 2.56. The smallest absolute Gasteiger partial charge is 0.184 e. The molecule has 5 nitrogen and oxygen atoms in total. The van der Waals surface area contributed by atoms with Crippen LogP contribution >= 0.6 is 0 Å². The molecule has 1 fully saturated rings. The molecule has 1 rings (SSSR count). The molecule has 0 bridgehead atoms. The van der Waals surface area contributed by atoms with Crippen LogP contribution in [0.5, 0.6) is 0 Å². The van der Waals surface area contributed by atoms with Gasteiger partial charge in [0.1, 0.15) is 18.3 Å². The first kappa shape index (κ1) is 10.3. The minimum Gasteiger partial charge on any atom is -0.385 e. The van der Waals surface area contributed by atoms with Gasteiger partial charge in [-0.05, 0) is 0 Å². The molecule has 0 unspecified atom stereocenters. The third kappa shape index (κ3) is 2.13. The van der Waals surface area contributed by atoms with E-state index in [-0.39, 0.29) is 6.61 Å². The van der Waals surface area contributed by atoms with Crippen molar-refractivity contribution < 1.29 is 24.5 Å². The number of carbonyl (C=O) groups is 1. The number of aliphatic hydroxyl groups excluding tert-OH is 2. The van der Waals surface area contributed by atoms with E-state index in [1.165, 1.54) is 6.08 Å². The molecule has 0 saturated carbocycles. The zero-order chi connectivity index (χ0) is 9.84. The third-order valence-corrected chi connectivity index (χ3v) is 1.79. The molecule has 1 heterocycles. The normalized spacial score (nSPS) is 38.9. The summed E-state index contributed by atoms with van der Waals surface area (Å²) in [6.07, 6.45) is -2.29. The average Bonchev–Trinajstić information content (AvgIpc) is 2.40. The van der Waals surface area contributed by atoms with Crippen molar-refractivity contribution in [1.82, 2.24) is 0 Å². The first-order valence-corrected chi connectivity index (χ1v) is 3.90. The van der Waals surface area contributed by atoms with Gasteiger partial charge in [-0.15, -0.1) is 6.58 Å². The number of aldehydes is 1. The lowest BCUT2D eigenvalue weighted by Gasteiger charge is -2.15. The van der Waals surface area contributed by atoms with Crippen molar-refractivity contribution >= 4 is 6.29 Å². The van der Waals surface area contributed by atoms with Gasteiger partial charge >= 0.3 is 0 Å². The van der Waals surface area contributed by atoms with E-state index >= 15 is 0 Å². The highest BCUT2D eigenvalue weighted by molar-refractivity contribution is 5.58. The fourth-order valence-corrected chi connectivity index (χ4v) is 1.16. The molecule has 2 N–H and O–H groups in total. The van der Waals surface area contributed by atoms with E-state index in [0.29, 0.717) is 6.29 Å². The Morgan fingerprint density at radius 1 is 1.54 bits per heavy atom. The number of ether oxygens (including phenoxy) is 2. The molecule has 0 amide bonds. The van der Waals surface area contributed by atoms with Gasteiger partial charge in [0.15, 0.2) is 12.6 Å². The van der Waals surface area contributed by atoms with Gasteiger partial charge in [0.2, 0.25) is 0 Å². The number of rotatable bonds is 4. The Morgan fingerprint density at radius 2 is 2.23 bits per heavy atom. The minimum absolute atomic E-state index is 0.197. The standard InChI is InChI=1S/C8H12O5/c1-2-3-12-7-5(4-9)13-8(11)6(7)10/h2,4-8,10-11H,1,3H2/t5-,6-,7+,8+/m1/s1. The maximum atomic E-state index is 10.4. The highest BCUT2D eigenvalue weighted by Gasteiger charge is 2.43. The van der Waals surface area contributed by atoms with Crippen molar-refractivity contribution in [2.75, 3.05) is 6.61 Å². The van der Waals surface area contributed by atoms with Crippen LogP contribution in [0, 0.1) is 0 Å². The summed E-state index contributed by atoms with van der Waals surface area (Å²) in [6, 6.07) is 0. The molecule has 0 aromatic rings. The monoisotopic (exact) mass is 188 g/mol. The van der Waals surface area contributed by atoms with Crippen LogP contribution in [0.15, 0.2) is 12.7 Å². The Hall–Kier alpha value is -0.750. The summed E-state index contributed by atoms with van der Waals surface area (Å²) in [5.74, 6) is 0. The van der Waals surface area contributed by atoms with Gasteiger partial charge in [0.05, 0.1) is 6.61 Å². The summed E-state index contributed by atoms with van der Waals surface area (Å²) < 4.78 is 9.76. The third-order valence-electron chi connectivity index (χ3n) is 1.79. The van der Waals surface area contributed by atoms with Crippen LogP contribution in [0.1, 0.15) is 0 Å². The maximum absolute atomic E-state index is 10.4. The molecule has 0 aromatic carbocycles. The summed E-state index contributed by atoms with van der Waals surface area (Å²) in [5.41, 5.74) is 0. The molecule has 0 spiro atoms. The van der Waals surface area contributed by atoms with Crippen molar-refractivity contribution in [2.24, 2.45) is 0 Å². The number of hydrogen-bond donors (Lipinski definition) is 2. The second-order valence-electron chi connectivity index (χ2n) is 2.70. The van der Waals surface area contributed by atoms with E-state index in [2.05, 4.69) is 6.58 Å². The summed E-state index contributed by atoms with van der Waals surface area (Å²) in [6.45, 7) is 3.61. The molecule has 0 radical (unpaired) electrons. The lowest BCUT2D eigenvalue weighted by molar-refractivity contribution is -0.140. The SMILES string of the molecule is C=CCO[C@@H]1[C@@H](O)[C@@H](O)O[C@@H]1C=O. The predicted molar refractivity (Wildman–Crippen MR) is 42.9 cm³/mol. The first-order chi connectivity index (χ1) is 6.20. The molecule has 0 aliphatic carbocycles. The van der Waals surface area contributed by atoms with Crippen LogP contribution in [-0.2, 0) is 14.3 Å². The summed E-state index contributed by atoms with van der Waals surface area (Å²) in [4.78, 5) is 10.4. The van der Waals surface area contributed by atoms with Crippen LogP contribution in [0.2, 0.25) is 0 Å². The summed E-state index contributed by atoms with van der Waals surface area (Å²) >= 11 is 0. The molecule has 13 heavy (non-hydrogen) atoms. The van der Waals surface area contributed by atoms with E-state index in [1.54, 1.807) is 0 Å². The van der Waals surface area contributed by atoms with Crippen LogP contribution < -0.4 is 0 Å². The van der Waals surface area contributed by atoms with Crippen LogP contribution in [0.25, 0.3) is 0 Å². The maximum Gasteiger partial charge on any atom is 0.184 e. The highest BCUT2D eigenvalue weighted by Crippen LogP contribution is 2.20. The van der Waals surface area contributed by atoms with Gasteiger partial charge in [-0.3, -0.25) is 0 Å². The Labute approximate surface area is 75.6 Å². The number of hydrogen-bond acceptors (Lipinski definition) is 5. The number of aliphatic hydroxyl groups is 2. The minimum atomic E-state index is -1.36. The summed E-state index contributed by atoms with van der Waals surface area (Å²) in [7, 11) is 0. The van der Waals surface area contributed by atoms with Crippen LogP contribution in [0.3, 0.4) is 0 Å². The van der Waals surface area contributed by atoms with Crippen molar-refractivity contribution in [3.05, 3.63) is 12.7 Å². The van der Waals surface area contributed by atoms with E-state index in [1.807, 2.05) is 0 Å². The number of carbonyl (C=O) groups excluding carboxylic acids is 1. The van der Waals surface area contributed by atoms with E-state index in [9.17, 15) is 9.90 Å². The van der Waals surface area contributed by atoms with Gasteiger partial charge in [-0.2, -0.15) is 0 Å². The molecule has 5 heteroatoms. The molecular weight excluding hydrogens is 176 g/mol. The lowest BCUT2D eigenvalue weighted by atomic mass is 10.1. The molecule has 1 aliphatic heterocycles. The van der Waals surface area contributed by atoms with Gasteiger partial charge < -0.3 is 24.5 Å². The zero-order valence-electron chi connectivity index (χ0n) is 7.00. The Kier molecular flexibility index (Phi) is 3.56. The van der Waals surface area contributed by atoms with Gasteiger partial charge in [0, 0.05) is 0 Å². The molecule has 1 saturated heterocycles. The first-order valence-electron chi connectivity index (χ1n) is 3.90. The van der Waals surface area contributed by atoms with Crippen molar-refractivity contribution in [2.45, 2.75) is 24.6 Å². The fraction of sp³-hybridized carbons (Fsp3) is 0.625. The molecule has 4 atom stereocenters. The Morgan fingerprint density at radius 3 is 2.77 bits per heavy atom. The Bertz CT molecular complexity index is 193. The largest absolute Gasteiger partial charge is 0.385 e. The molecular formula is C8H12O5. The van der Waals surface area contributed by atoms with Crippen molar-refractivity contribution in [3.8, 4) is 0 Å². The van der Waals surface area contributed by atoms with Gasteiger partial charge in [-0.25, -0.2) is 0 Å². The quantitative estimate of drug-likeness (QED) is 0.429.